The molecule has 1 heterocycles. The van der Waals surface area contributed by atoms with Crippen LogP contribution in [0.1, 0.15) is 46.5 Å². The van der Waals surface area contributed by atoms with Crippen molar-refractivity contribution in [2.45, 2.75) is 52.6 Å². The van der Waals surface area contributed by atoms with Crippen molar-refractivity contribution in [2.75, 3.05) is 30.3 Å². The first-order valence-electron chi connectivity index (χ1n) is 7.74. The quantitative estimate of drug-likeness (QED) is 0.575. The highest BCUT2D eigenvalue weighted by molar-refractivity contribution is 5.35. The number of ether oxygens (including phenoxy) is 1. The van der Waals surface area contributed by atoms with E-state index in [9.17, 15) is 5.11 Å². The molecule has 1 atom stereocenters. The predicted octanol–water partition coefficient (Wildman–Crippen LogP) is 2.06. The van der Waals surface area contributed by atoms with Gasteiger partial charge in [0.05, 0.1) is 12.7 Å². The first-order chi connectivity index (χ1) is 10.2. The lowest BCUT2D eigenvalue weighted by Crippen LogP contribution is -2.21. The molecule has 1 rings (SSSR count). The standard InChI is InChI=1S/C14H27N5O2/c1-4-7-11(20)10-16-13-17-12(15-8-5-2)18-14(19-13)21-9-6-3/h11,20H,4-10H2,1-3H3,(H2,15,16,17,18,19). The number of rotatable bonds is 11. The molecule has 0 aliphatic heterocycles. The van der Waals surface area contributed by atoms with Crippen LogP contribution in [0.2, 0.25) is 0 Å². The van der Waals surface area contributed by atoms with Crippen molar-refractivity contribution >= 4 is 11.9 Å². The summed E-state index contributed by atoms with van der Waals surface area (Å²) in [4.78, 5) is 12.7. The minimum Gasteiger partial charge on any atom is -0.463 e. The zero-order valence-corrected chi connectivity index (χ0v) is 13.2. The highest BCUT2D eigenvalue weighted by atomic mass is 16.5. The molecule has 7 heteroatoms. The summed E-state index contributed by atoms with van der Waals surface area (Å²) < 4.78 is 5.47. The lowest BCUT2D eigenvalue weighted by atomic mass is 10.2. The largest absolute Gasteiger partial charge is 0.463 e. The average molecular weight is 297 g/mol. The van der Waals surface area contributed by atoms with E-state index in [-0.39, 0.29) is 0 Å². The van der Waals surface area contributed by atoms with Gasteiger partial charge in [0.1, 0.15) is 0 Å². The van der Waals surface area contributed by atoms with E-state index in [2.05, 4.69) is 32.5 Å². The van der Waals surface area contributed by atoms with E-state index >= 15 is 0 Å². The summed E-state index contributed by atoms with van der Waals surface area (Å²) in [5.41, 5.74) is 0. The molecule has 120 valence electrons. The van der Waals surface area contributed by atoms with Crippen molar-refractivity contribution < 1.29 is 9.84 Å². The first kappa shape index (κ1) is 17.4. The van der Waals surface area contributed by atoms with Gasteiger partial charge in [-0.1, -0.05) is 27.2 Å². The minimum atomic E-state index is -0.404. The SMILES string of the molecule is CCCNc1nc(NCC(O)CCC)nc(OCCC)n1. The Morgan fingerprint density at radius 2 is 1.71 bits per heavy atom. The second-order valence-electron chi connectivity index (χ2n) is 4.86. The lowest BCUT2D eigenvalue weighted by molar-refractivity contribution is 0.176. The number of aliphatic hydroxyl groups is 1. The van der Waals surface area contributed by atoms with Crippen LogP contribution < -0.4 is 15.4 Å². The predicted molar refractivity (Wildman–Crippen MR) is 83.8 cm³/mol. The molecule has 21 heavy (non-hydrogen) atoms. The third kappa shape index (κ3) is 7.08. The lowest BCUT2D eigenvalue weighted by Gasteiger charge is -2.12. The topological polar surface area (TPSA) is 92.2 Å². The Hall–Kier alpha value is -1.63. The van der Waals surface area contributed by atoms with Crippen molar-refractivity contribution in [2.24, 2.45) is 0 Å². The van der Waals surface area contributed by atoms with E-state index in [1.54, 1.807) is 0 Å². The zero-order chi connectivity index (χ0) is 15.5. The van der Waals surface area contributed by atoms with E-state index in [0.717, 1.165) is 32.2 Å². The number of aliphatic hydroxyl groups excluding tert-OH is 1. The number of aromatic nitrogens is 3. The van der Waals surface area contributed by atoms with Crippen molar-refractivity contribution in [1.82, 2.24) is 15.0 Å². The van der Waals surface area contributed by atoms with Gasteiger partial charge in [-0.2, -0.15) is 15.0 Å². The molecule has 0 fully saturated rings. The fourth-order valence-electron chi connectivity index (χ4n) is 1.65. The van der Waals surface area contributed by atoms with Gasteiger partial charge in [-0.25, -0.2) is 0 Å². The summed E-state index contributed by atoms with van der Waals surface area (Å²) in [5, 5.41) is 15.9. The third-order valence-electron chi connectivity index (χ3n) is 2.70. The van der Waals surface area contributed by atoms with Gasteiger partial charge in [0.2, 0.25) is 11.9 Å². The second-order valence-corrected chi connectivity index (χ2v) is 4.86. The number of anilines is 2. The van der Waals surface area contributed by atoms with E-state index in [1.165, 1.54) is 0 Å². The maximum Gasteiger partial charge on any atom is 0.323 e. The van der Waals surface area contributed by atoms with Crippen LogP contribution in [-0.4, -0.2) is 45.9 Å². The summed E-state index contributed by atoms with van der Waals surface area (Å²) >= 11 is 0. The molecule has 0 aliphatic rings. The molecule has 3 N–H and O–H groups in total. The van der Waals surface area contributed by atoms with Gasteiger partial charge in [0.25, 0.3) is 0 Å². The highest BCUT2D eigenvalue weighted by Crippen LogP contribution is 2.12. The molecule has 1 aromatic rings. The Balaban J connectivity index is 2.70. The van der Waals surface area contributed by atoms with Gasteiger partial charge < -0.3 is 20.5 Å². The highest BCUT2D eigenvalue weighted by Gasteiger charge is 2.09. The van der Waals surface area contributed by atoms with Crippen LogP contribution in [0.25, 0.3) is 0 Å². The minimum absolute atomic E-state index is 0.304. The molecule has 0 aromatic carbocycles. The first-order valence-corrected chi connectivity index (χ1v) is 7.74. The van der Waals surface area contributed by atoms with Crippen molar-refractivity contribution in [3.8, 4) is 6.01 Å². The normalized spacial score (nSPS) is 12.0. The summed E-state index contributed by atoms with van der Waals surface area (Å²) in [6, 6.07) is 0.304. The van der Waals surface area contributed by atoms with E-state index in [1.807, 2.05) is 13.8 Å². The van der Waals surface area contributed by atoms with Crippen molar-refractivity contribution in [3.05, 3.63) is 0 Å². The van der Waals surface area contributed by atoms with E-state index in [4.69, 9.17) is 4.74 Å². The summed E-state index contributed by atoms with van der Waals surface area (Å²) in [6.07, 6.45) is 3.15. The van der Waals surface area contributed by atoms with Gasteiger partial charge in [-0.3, -0.25) is 0 Å². The van der Waals surface area contributed by atoms with Crippen LogP contribution in [0.15, 0.2) is 0 Å². The molecule has 0 spiro atoms. The molecule has 0 amide bonds. The molecular formula is C14H27N5O2. The van der Waals surface area contributed by atoms with Crippen LogP contribution in [0.3, 0.4) is 0 Å². The van der Waals surface area contributed by atoms with Crippen LogP contribution in [0.5, 0.6) is 6.01 Å². The Morgan fingerprint density at radius 3 is 2.33 bits per heavy atom. The monoisotopic (exact) mass is 297 g/mol. The van der Waals surface area contributed by atoms with E-state index < -0.39 is 6.10 Å². The Labute approximate surface area is 126 Å². The maximum atomic E-state index is 9.75. The van der Waals surface area contributed by atoms with Gasteiger partial charge in [-0.05, 0) is 19.3 Å². The molecule has 1 aromatic heterocycles. The molecule has 0 radical (unpaired) electrons. The van der Waals surface area contributed by atoms with Crippen LogP contribution in [0.4, 0.5) is 11.9 Å². The molecule has 0 saturated heterocycles. The summed E-state index contributed by atoms with van der Waals surface area (Å²) in [5.74, 6) is 0.912. The Morgan fingerprint density at radius 1 is 1.00 bits per heavy atom. The third-order valence-corrected chi connectivity index (χ3v) is 2.70. The number of nitrogens with one attached hydrogen (secondary N) is 2. The maximum absolute atomic E-state index is 9.75. The van der Waals surface area contributed by atoms with E-state index in [0.29, 0.717) is 31.1 Å². The Bertz CT molecular complexity index is 377. The molecule has 7 nitrogen and oxygen atoms in total. The van der Waals surface area contributed by atoms with Gasteiger partial charge in [-0.15, -0.1) is 0 Å². The second kappa shape index (κ2) is 10.1. The number of hydrogen-bond acceptors (Lipinski definition) is 7. The van der Waals surface area contributed by atoms with Crippen LogP contribution >= 0.6 is 0 Å². The van der Waals surface area contributed by atoms with Crippen molar-refractivity contribution in [1.29, 1.82) is 0 Å². The van der Waals surface area contributed by atoms with Crippen LogP contribution in [0, 0.1) is 0 Å². The van der Waals surface area contributed by atoms with Crippen molar-refractivity contribution in [3.63, 3.8) is 0 Å². The molecular weight excluding hydrogens is 270 g/mol. The Kier molecular flexibility index (Phi) is 8.42. The van der Waals surface area contributed by atoms with Gasteiger partial charge >= 0.3 is 6.01 Å². The van der Waals surface area contributed by atoms with Gasteiger partial charge in [0, 0.05) is 13.1 Å². The fourth-order valence-corrected chi connectivity index (χ4v) is 1.65. The van der Waals surface area contributed by atoms with Gasteiger partial charge in [0.15, 0.2) is 0 Å². The molecule has 1 unspecified atom stereocenters. The smallest absolute Gasteiger partial charge is 0.323 e. The van der Waals surface area contributed by atoms with Crippen LogP contribution in [-0.2, 0) is 0 Å². The number of nitrogens with zero attached hydrogens (tertiary/aromatic N) is 3. The number of hydrogen-bond donors (Lipinski definition) is 3. The average Bonchev–Trinajstić information content (AvgIpc) is 2.49. The molecule has 0 bridgehead atoms. The zero-order valence-electron chi connectivity index (χ0n) is 13.2. The molecule has 0 aliphatic carbocycles. The fraction of sp³-hybridized carbons (Fsp3) is 0.786. The summed E-state index contributed by atoms with van der Waals surface area (Å²) in [7, 11) is 0. The molecule has 0 saturated carbocycles. The summed E-state index contributed by atoms with van der Waals surface area (Å²) in [6.45, 7) is 7.90.